The molecule has 2 aromatic rings. The Labute approximate surface area is 157 Å². The third kappa shape index (κ3) is 4.49. The molecular weight excluding hydrogens is 349 g/mol. The van der Waals surface area contributed by atoms with E-state index in [0.717, 1.165) is 0 Å². The lowest BCUT2D eigenvalue weighted by Gasteiger charge is -2.31. The maximum Gasteiger partial charge on any atom is 0.274 e. The van der Waals surface area contributed by atoms with E-state index < -0.39 is 4.92 Å². The van der Waals surface area contributed by atoms with Crippen LogP contribution in [0.3, 0.4) is 0 Å². The number of piperidine rings is 1. The molecule has 1 fully saturated rings. The number of carbonyl (C=O) groups is 1. The molecule has 7 heteroatoms. The first-order valence-electron chi connectivity index (χ1n) is 8.96. The average Bonchev–Trinajstić information content (AvgIpc) is 2.65. The predicted molar refractivity (Wildman–Crippen MR) is 101 cm³/mol. The van der Waals surface area contributed by atoms with Crippen molar-refractivity contribution < 1.29 is 14.1 Å². The summed E-state index contributed by atoms with van der Waals surface area (Å²) in [5.41, 5.74) is 1.58. The standard InChI is InChI=1S/C20H22FN3O3/c1-14-18(7-4-8-19(14)24(26)27)22-20(25)15-9-11-23(12-10-15)13-16-5-2-3-6-17(16)21/h2-8,15H,9-13H2,1H3,(H,22,25). The van der Waals surface area contributed by atoms with Crippen LogP contribution in [0.4, 0.5) is 15.8 Å². The highest BCUT2D eigenvalue weighted by Gasteiger charge is 2.26. The lowest BCUT2D eigenvalue weighted by atomic mass is 9.95. The summed E-state index contributed by atoms with van der Waals surface area (Å²) in [6.07, 6.45) is 1.35. The number of hydrogen-bond donors (Lipinski definition) is 1. The summed E-state index contributed by atoms with van der Waals surface area (Å²) in [7, 11) is 0. The third-order valence-corrected chi connectivity index (χ3v) is 5.07. The van der Waals surface area contributed by atoms with Gasteiger partial charge >= 0.3 is 0 Å². The van der Waals surface area contributed by atoms with E-state index in [4.69, 9.17) is 0 Å². The van der Waals surface area contributed by atoms with Crippen molar-refractivity contribution in [1.29, 1.82) is 0 Å². The van der Waals surface area contributed by atoms with Crippen molar-refractivity contribution in [1.82, 2.24) is 4.90 Å². The van der Waals surface area contributed by atoms with E-state index in [0.29, 0.717) is 49.3 Å². The maximum absolute atomic E-state index is 13.8. The highest BCUT2D eigenvalue weighted by atomic mass is 19.1. The Morgan fingerprint density at radius 1 is 1.22 bits per heavy atom. The molecule has 0 unspecified atom stereocenters. The predicted octanol–water partition coefficient (Wildman–Crippen LogP) is 3.89. The normalized spacial score (nSPS) is 15.5. The van der Waals surface area contributed by atoms with Gasteiger partial charge in [-0.3, -0.25) is 19.8 Å². The van der Waals surface area contributed by atoms with Crippen molar-refractivity contribution in [3.05, 3.63) is 69.5 Å². The zero-order valence-electron chi connectivity index (χ0n) is 15.2. The van der Waals surface area contributed by atoms with Crippen molar-refractivity contribution in [3.63, 3.8) is 0 Å². The second kappa shape index (κ2) is 8.26. The number of carbonyl (C=O) groups excluding carboxylic acids is 1. The topological polar surface area (TPSA) is 75.5 Å². The van der Waals surface area contributed by atoms with Crippen LogP contribution in [-0.4, -0.2) is 28.8 Å². The van der Waals surface area contributed by atoms with Gasteiger partial charge in [0.2, 0.25) is 5.91 Å². The summed E-state index contributed by atoms with van der Waals surface area (Å²) in [6.45, 7) is 3.58. The van der Waals surface area contributed by atoms with Gasteiger partial charge in [-0.05, 0) is 45.0 Å². The number of benzene rings is 2. The molecular formula is C20H22FN3O3. The number of likely N-dealkylation sites (tertiary alicyclic amines) is 1. The fourth-order valence-corrected chi connectivity index (χ4v) is 3.41. The first-order chi connectivity index (χ1) is 13.0. The molecule has 0 bridgehead atoms. The highest BCUT2D eigenvalue weighted by Crippen LogP contribution is 2.27. The van der Waals surface area contributed by atoms with Crippen molar-refractivity contribution in [2.75, 3.05) is 18.4 Å². The Bertz CT molecular complexity index is 848. The monoisotopic (exact) mass is 371 g/mol. The van der Waals surface area contributed by atoms with E-state index in [2.05, 4.69) is 10.2 Å². The van der Waals surface area contributed by atoms with Crippen LogP contribution in [-0.2, 0) is 11.3 Å². The van der Waals surface area contributed by atoms with E-state index in [9.17, 15) is 19.3 Å². The van der Waals surface area contributed by atoms with Gasteiger partial charge in [0.05, 0.1) is 16.2 Å². The number of anilines is 1. The van der Waals surface area contributed by atoms with Crippen LogP contribution in [0.15, 0.2) is 42.5 Å². The molecule has 1 amide bonds. The van der Waals surface area contributed by atoms with Crippen LogP contribution >= 0.6 is 0 Å². The second-order valence-electron chi connectivity index (χ2n) is 6.84. The zero-order chi connectivity index (χ0) is 19.4. The summed E-state index contributed by atoms with van der Waals surface area (Å²) in [6, 6.07) is 11.4. The number of hydrogen-bond acceptors (Lipinski definition) is 4. The molecule has 0 atom stereocenters. The summed E-state index contributed by atoms with van der Waals surface area (Å²) < 4.78 is 13.8. The molecule has 0 radical (unpaired) electrons. The van der Waals surface area contributed by atoms with Gasteiger partial charge < -0.3 is 5.32 Å². The van der Waals surface area contributed by atoms with Crippen molar-refractivity contribution in [2.45, 2.75) is 26.3 Å². The molecule has 0 saturated carbocycles. The Hall–Kier alpha value is -2.80. The van der Waals surface area contributed by atoms with Gasteiger partial charge in [0, 0.05) is 24.1 Å². The molecule has 27 heavy (non-hydrogen) atoms. The minimum absolute atomic E-state index is 0.00694. The van der Waals surface area contributed by atoms with Crippen molar-refractivity contribution >= 4 is 17.3 Å². The lowest BCUT2D eigenvalue weighted by Crippen LogP contribution is -2.38. The van der Waals surface area contributed by atoms with Crippen molar-refractivity contribution in [2.24, 2.45) is 5.92 Å². The van der Waals surface area contributed by atoms with Gasteiger partial charge in [0.1, 0.15) is 5.82 Å². The number of amides is 1. The maximum atomic E-state index is 13.8. The summed E-state index contributed by atoms with van der Waals surface area (Å²) in [5, 5.41) is 13.9. The number of nitrogens with zero attached hydrogens (tertiary/aromatic N) is 2. The highest BCUT2D eigenvalue weighted by molar-refractivity contribution is 5.93. The fourth-order valence-electron chi connectivity index (χ4n) is 3.41. The largest absolute Gasteiger partial charge is 0.325 e. The minimum atomic E-state index is -0.452. The summed E-state index contributed by atoms with van der Waals surface area (Å²) in [5.74, 6) is -0.483. The van der Waals surface area contributed by atoms with Crippen molar-refractivity contribution in [3.8, 4) is 0 Å². The quantitative estimate of drug-likeness (QED) is 0.639. The molecule has 1 heterocycles. The van der Waals surface area contributed by atoms with Crippen LogP contribution in [0.1, 0.15) is 24.0 Å². The van der Waals surface area contributed by atoms with Gasteiger partial charge in [0.15, 0.2) is 0 Å². The Kier molecular flexibility index (Phi) is 5.81. The number of nitro groups is 1. The van der Waals surface area contributed by atoms with Crippen LogP contribution in [0.2, 0.25) is 0 Å². The molecule has 6 nitrogen and oxygen atoms in total. The van der Waals surface area contributed by atoms with Crippen LogP contribution < -0.4 is 5.32 Å². The lowest BCUT2D eigenvalue weighted by molar-refractivity contribution is -0.385. The van der Waals surface area contributed by atoms with E-state index in [1.54, 1.807) is 31.2 Å². The molecule has 1 aliphatic rings. The SMILES string of the molecule is Cc1c(NC(=O)C2CCN(Cc3ccccc3F)CC2)cccc1[N+](=O)[O-]. The number of halogens is 1. The van der Waals surface area contributed by atoms with Gasteiger partial charge in [0.25, 0.3) is 5.69 Å². The molecule has 2 aromatic carbocycles. The fraction of sp³-hybridized carbons (Fsp3) is 0.350. The molecule has 1 aliphatic heterocycles. The first-order valence-corrected chi connectivity index (χ1v) is 8.96. The van der Waals surface area contributed by atoms with E-state index in [1.807, 2.05) is 6.07 Å². The number of rotatable bonds is 5. The second-order valence-corrected chi connectivity index (χ2v) is 6.84. The first kappa shape index (κ1) is 19.0. The Morgan fingerprint density at radius 3 is 2.59 bits per heavy atom. The molecule has 0 aliphatic carbocycles. The molecule has 0 aromatic heterocycles. The summed E-state index contributed by atoms with van der Waals surface area (Å²) >= 11 is 0. The van der Waals surface area contributed by atoms with Gasteiger partial charge in [-0.15, -0.1) is 0 Å². The van der Waals surface area contributed by atoms with Gasteiger partial charge in [-0.2, -0.15) is 0 Å². The average molecular weight is 371 g/mol. The van der Waals surface area contributed by atoms with E-state index >= 15 is 0 Å². The van der Waals surface area contributed by atoms with Crippen LogP contribution in [0.5, 0.6) is 0 Å². The Morgan fingerprint density at radius 2 is 1.93 bits per heavy atom. The number of nitro benzene ring substituents is 1. The van der Waals surface area contributed by atoms with Crippen LogP contribution in [0.25, 0.3) is 0 Å². The molecule has 3 rings (SSSR count). The number of nitrogens with one attached hydrogen (secondary N) is 1. The smallest absolute Gasteiger partial charge is 0.274 e. The Balaban J connectivity index is 1.57. The van der Waals surface area contributed by atoms with Gasteiger partial charge in [-0.25, -0.2) is 4.39 Å². The van der Waals surface area contributed by atoms with Crippen LogP contribution in [0, 0.1) is 28.8 Å². The van der Waals surface area contributed by atoms with Gasteiger partial charge in [-0.1, -0.05) is 24.3 Å². The summed E-state index contributed by atoms with van der Waals surface area (Å²) in [4.78, 5) is 25.3. The van der Waals surface area contributed by atoms with E-state index in [-0.39, 0.29) is 23.3 Å². The molecule has 0 spiro atoms. The third-order valence-electron chi connectivity index (χ3n) is 5.07. The molecule has 1 saturated heterocycles. The molecule has 142 valence electrons. The zero-order valence-corrected chi connectivity index (χ0v) is 15.2. The molecule has 1 N–H and O–H groups in total. The minimum Gasteiger partial charge on any atom is -0.325 e. The van der Waals surface area contributed by atoms with E-state index in [1.165, 1.54) is 12.1 Å².